The van der Waals surface area contributed by atoms with E-state index >= 15 is 0 Å². The van der Waals surface area contributed by atoms with Crippen molar-refractivity contribution in [1.29, 1.82) is 0 Å². The molecule has 0 unspecified atom stereocenters. The van der Waals surface area contributed by atoms with Gasteiger partial charge in [-0.1, -0.05) is 12.7 Å². The van der Waals surface area contributed by atoms with Crippen molar-refractivity contribution in [3.8, 4) is 11.5 Å². The zero-order valence-electron chi connectivity index (χ0n) is 8.62. The Bertz CT molecular complexity index is 305. The summed E-state index contributed by atoms with van der Waals surface area (Å²) in [6.45, 7) is 10.6. The quantitative estimate of drug-likeness (QED) is 0.712. The van der Waals surface area contributed by atoms with Crippen molar-refractivity contribution in [1.82, 2.24) is 0 Å². The fourth-order valence-electron chi connectivity index (χ4n) is 1.19. The molecular weight excluding hydrogens is 176 g/mol. The third-order valence-electron chi connectivity index (χ3n) is 1.78. The van der Waals surface area contributed by atoms with Gasteiger partial charge in [-0.3, -0.25) is 0 Å². The van der Waals surface area contributed by atoms with E-state index in [0.29, 0.717) is 13.2 Å². The highest BCUT2D eigenvalue weighted by atomic mass is 16.5. The summed E-state index contributed by atoms with van der Waals surface area (Å²) in [6, 6.07) is 5.62. The summed E-state index contributed by atoms with van der Waals surface area (Å²) in [5, 5.41) is 0. The van der Waals surface area contributed by atoms with E-state index in [1.807, 2.05) is 32.0 Å². The fourth-order valence-corrected chi connectivity index (χ4v) is 1.19. The molecule has 0 aliphatic heterocycles. The third kappa shape index (κ3) is 2.52. The maximum atomic E-state index is 5.46. The van der Waals surface area contributed by atoms with Crippen molar-refractivity contribution >= 4 is 6.08 Å². The van der Waals surface area contributed by atoms with Crippen LogP contribution in [0, 0.1) is 6.58 Å². The molecule has 0 N–H and O–H groups in total. The van der Waals surface area contributed by atoms with Gasteiger partial charge in [0.1, 0.15) is 11.5 Å². The Labute approximate surface area is 85.2 Å². The number of ether oxygens (including phenoxy) is 2. The van der Waals surface area contributed by atoms with E-state index in [-0.39, 0.29) is 0 Å². The van der Waals surface area contributed by atoms with E-state index < -0.39 is 0 Å². The lowest BCUT2D eigenvalue weighted by molar-refractivity contribution is 0.322. The monoisotopic (exact) mass is 191 g/mol. The van der Waals surface area contributed by atoms with Gasteiger partial charge in [0.25, 0.3) is 0 Å². The minimum Gasteiger partial charge on any atom is -0.494 e. The maximum Gasteiger partial charge on any atom is 0.130 e. The Morgan fingerprint density at radius 3 is 2.50 bits per heavy atom. The molecule has 1 radical (unpaired) electrons. The highest BCUT2D eigenvalue weighted by Gasteiger charge is 2.02. The summed E-state index contributed by atoms with van der Waals surface area (Å²) in [6.07, 6.45) is 1.53. The highest BCUT2D eigenvalue weighted by Crippen LogP contribution is 2.25. The van der Waals surface area contributed by atoms with Gasteiger partial charge in [-0.05, 0) is 26.0 Å². The van der Waals surface area contributed by atoms with Crippen molar-refractivity contribution in [2.45, 2.75) is 13.8 Å². The Balaban J connectivity index is 2.94. The summed E-state index contributed by atoms with van der Waals surface area (Å²) >= 11 is 0. The smallest absolute Gasteiger partial charge is 0.130 e. The second-order valence-electron chi connectivity index (χ2n) is 2.73. The lowest BCUT2D eigenvalue weighted by atomic mass is 10.2. The second-order valence-corrected chi connectivity index (χ2v) is 2.73. The molecule has 14 heavy (non-hydrogen) atoms. The summed E-state index contributed by atoms with van der Waals surface area (Å²) in [4.78, 5) is 0. The van der Waals surface area contributed by atoms with Crippen LogP contribution in [0.1, 0.15) is 19.4 Å². The number of benzene rings is 1. The molecule has 0 atom stereocenters. The van der Waals surface area contributed by atoms with Crippen LogP contribution in [-0.4, -0.2) is 13.2 Å². The van der Waals surface area contributed by atoms with Gasteiger partial charge in [-0.2, -0.15) is 0 Å². The summed E-state index contributed by atoms with van der Waals surface area (Å²) in [7, 11) is 0. The molecule has 0 amide bonds. The molecule has 0 aromatic heterocycles. The van der Waals surface area contributed by atoms with E-state index in [2.05, 4.69) is 0 Å². The molecule has 0 spiro atoms. The topological polar surface area (TPSA) is 18.5 Å². The lowest BCUT2D eigenvalue weighted by Gasteiger charge is -2.09. The van der Waals surface area contributed by atoms with Gasteiger partial charge >= 0.3 is 0 Å². The van der Waals surface area contributed by atoms with E-state index in [1.54, 1.807) is 0 Å². The predicted octanol–water partition coefficient (Wildman–Crippen LogP) is 2.93. The van der Waals surface area contributed by atoms with Crippen LogP contribution >= 0.6 is 0 Å². The van der Waals surface area contributed by atoms with Crippen LogP contribution in [0.2, 0.25) is 0 Å². The van der Waals surface area contributed by atoms with Gasteiger partial charge < -0.3 is 9.47 Å². The average molecular weight is 191 g/mol. The van der Waals surface area contributed by atoms with Gasteiger partial charge in [0, 0.05) is 11.6 Å². The van der Waals surface area contributed by atoms with Crippen molar-refractivity contribution in [3.63, 3.8) is 0 Å². The zero-order valence-corrected chi connectivity index (χ0v) is 8.62. The first kappa shape index (κ1) is 10.6. The SMILES string of the molecule is [CH]=Cc1ccc(OCC)cc1OCC. The van der Waals surface area contributed by atoms with Crippen LogP contribution in [0.25, 0.3) is 6.08 Å². The largest absolute Gasteiger partial charge is 0.494 e. The van der Waals surface area contributed by atoms with E-state index in [0.717, 1.165) is 17.1 Å². The Kier molecular flexibility index (Phi) is 4.05. The normalized spacial score (nSPS) is 9.57. The predicted molar refractivity (Wildman–Crippen MR) is 57.5 cm³/mol. The molecule has 0 fully saturated rings. The van der Waals surface area contributed by atoms with E-state index in [1.165, 1.54) is 6.08 Å². The van der Waals surface area contributed by atoms with Gasteiger partial charge in [0.05, 0.1) is 13.2 Å². The molecule has 1 aromatic carbocycles. The number of hydrogen-bond donors (Lipinski definition) is 0. The first-order valence-electron chi connectivity index (χ1n) is 4.76. The molecule has 1 rings (SSSR count). The molecule has 0 saturated carbocycles. The summed E-state index contributed by atoms with van der Waals surface area (Å²) in [5.41, 5.74) is 0.885. The molecule has 0 bridgehead atoms. The molecular formula is C12H15O2. The molecule has 2 nitrogen and oxygen atoms in total. The van der Waals surface area contributed by atoms with Crippen molar-refractivity contribution in [2.24, 2.45) is 0 Å². The maximum absolute atomic E-state index is 5.46. The van der Waals surface area contributed by atoms with Crippen LogP contribution in [0.5, 0.6) is 11.5 Å². The molecule has 0 saturated heterocycles. The van der Waals surface area contributed by atoms with Crippen LogP contribution in [0.4, 0.5) is 0 Å². The second kappa shape index (κ2) is 5.32. The van der Waals surface area contributed by atoms with Gasteiger partial charge in [0.15, 0.2) is 0 Å². The minimum atomic E-state index is 0.621. The summed E-state index contributed by atoms with van der Waals surface area (Å²) < 4.78 is 10.8. The molecule has 0 heterocycles. The van der Waals surface area contributed by atoms with Gasteiger partial charge in [-0.25, -0.2) is 0 Å². The fraction of sp³-hybridized carbons (Fsp3) is 0.333. The van der Waals surface area contributed by atoms with E-state index in [9.17, 15) is 0 Å². The van der Waals surface area contributed by atoms with E-state index in [4.69, 9.17) is 16.1 Å². The Hall–Kier alpha value is -1.44. The van der Waals surface area contributed by atoms with Crippen LogP contribution in [0.3, 0.4) is 0 Å². The van der Waals surface area contributed by atoms with Crippen molar-refractivity contribution in [3.05, 3.63) is 30.3 Å². The zero-order chi connectivity index (χ0) is 10.4. The first-order chi connectivity index (χ1) is 6.81. The standard InChI is InChI=1S/C12H15O2/c1-4-10-7-8-11(13-5-2)9-12(10)14-6-3/h1,4,7-9H,5-6H2,2-3H3. The van der Waals surface area contributed by atoms with Crippen LogP contribution in [0.15, 0.2) is 18.2 Å². The first-order valence-corrected chi connectivity index (χ1v) is 4.76. The summed E-state index contributed by atoms with van der Waals surface area (Å²) in [5.74, 6) is 1.57. The van der Waals surface area contributed by atoms with Crippen LogP contribution in [-0.2, 0) is 0 Å². The van der Waals surface area contributed by atoms with Crippen molar-refractivity contribution < 1.29 is 9.47 Å². The Morgan fingerprint density at radius 1 is 1.21 bits per heavy atom. The minimum absolute atomic E-state index is 0.621. The average Bonchev–Trinajstić information content (AvgIpc) is 2.19. The third-order valence-corrected chi connectivity index (χ3v) is 1.78. The Morgan fingerprint density at radius 2 is 1.93 bits per heavy atom. The van der Waals surface area contributed by atoms with Crippen molar-refractivity contribution in [2.75, 3.05) is 13.2 Å². The van der Waals surface area contributed by atoms with Crippen LogP contribution < -0.4 is 9.47 Å². The van der Waals surface area contributed by atoms with Gasteiger partial charge in [0.2, 0.25) is 0 Å². The van der Waals surface area contributed by atoms with Gasteiger partial charge in [-0.15, -0.1) is 0 Å². The highest BCUT2D eigenvalue weighted by molar-refractivity contribution is 5.57. The molecule has 0 aliphatic carbocycles. The lowest BCUT2D eigenvalue weighted by Crippen LogP contribution is -1.96. The number of hydrogen-bond acceptors (Lipinski definition) is 2. The number of rotatable bonds is 5. The molecule has 1 aromatic rings. The molecule has 2 heteroatoms. The molecule has 0 aliphatic rings. The molecule has 75 valence electrons.